The number of Topliss-reactive ketones (excluding diaryl/α,β-unsaturated/α-hetero) is 2. The van der Waals surface area contributed by atoms with Crippen LogP contribution >= 0.6 is 68.0 Å². The first-order chi connectivity index (χ1) is 61.3. The van der Waals surface area contributed by atoms with Gasteiger partial charge in [0, 0.05) is 45.2 Å². The van der Waals surface area contributed by atoms with Crippen molar-refractivity contribution in [3.8, 4) is 34.5 Å². The number of hydrogen-bond donors (Lipinski definition) is 12. The van der Waals surface area contributed by atoms with Gasteiger partial charge in [0.15, 0.2) is 0 Å². The maximum atomic E-state index is 12.3. The van der Waals surface area contributed by atoms with Crippen molar-refractivity contribution in [3.63, 3.8) is 0 Å². The molecule has 0 atom stereocenters. The predicted molar refractivity (Wildman–Crippen MR) is 517 cm³/mol. The minimum absolute atomic E-state index is 0.0668. The summed E-state index contributed by atoms with van der Waals surface area (Å²) >= 11 is 7.17. The van der Waals surface area contributed by atoms with E-state index in [0.29, 0.717) is 159 Å². The van der Waals surface area contributed by atoms with Crippen molar-refractivity contribution in [3.05, 3.63) is 211 Å². The molecule has 18 N–H and O–H groups in total. The largest absolute Gasteiger partial charge is 0.506 e. The highest BCUT2D eigenvalue weighted by atomic mass is 32.1. The lowest BCUT2D eigenvalue weighted by Gasteiger charge is -2.08. The number of aromatic hydroxyl groups is 6. The van der Waals surface area contributed by atoms with Crippen LogP contribution in [-0.4, -0.2) is 118 Å². The van der Waals surface area contributed by atoms with Crippen LogP contribution in [0.4, 0.5) is 30.0 Å². The molecule has 6 aromatic heterocycles. The monoisotopic (exact) mass is 1850 g/mol. The van der Waals surface area contributed by atoms with Gasteiger partial charge in [-0.05, 0) is 206 Å². The van der Waals surface area contributed by atoms with Crippen molar-refractivity contribution in [2.24, 2.45) is 0 Å². The second kappa shape index (κ2) is 46.7. The zero-order valence-electron chi connectivity index (χ0n) is 72.7. The third-order valence-electron chi connectivity index (χ3n) is 19.9. The molecule has 0 amide bonds. The third-order valence-corrected chi connectivity index (χ3v) is 26.2. The Balaban J connectivity index is 0.000000174. The van der Waals surface area contributed by atoms with Gasteiger partial charge in [0.25, 0.3) is 0 Å². The highest BCUT2D eigenvalue weighted by molar-refractivity contribution is 7.25. The van der Waals surface area contributed by atoms with E-state index in [1.54, 1.807) is 90.1 Å². The number of rotatable bonds is 28. The second-order valence-corrected chi connectivity index (χ2v) is 35.4. The van der Waals surface area contributed by atoms with Gasteiger partial charge in [-0.1, -0.05) is 106 Å². The van der Waals surface area contributed by atoms with E-state index in [2.05, 4.69) is 13.8 Å². The number of benzene rings is 8. The molecule has 0 aliphatic heterocycles. The summed E-state index contributed by atoms with van der Waals surface area (Å²) in [5, 5.41) is 66.6. The number of esters is 6. The van der Waals surface area contributed by atoms with Gasteiger partial charge >= 0.3 is 35.8 Å². The van der Waals surface area contributed by atoms with E-state index >= 15 is 0 Å². The van der Waals surface area contributed by atoms with E-state index in [4.69, 9.17) is 62.8 Å². The normalized spacial score (nSPS) is 10.8. The Bertz CT molecular complexity index is 6340. The average molecular weight is 1860 g/mol. The molecule has 0 unspecified atom stereocenters. The van der Waals surface area contributed by atoms with E-state index in [9.17, 15) is 69.0 Å². The molecular weight excluding hydrogens is 1750 g/mol. The minimum atomic E-state index is -0.504. The fourth-order valence-electron chi connectivity index (χ4n) is 14.0. The summed E-state index contributed by atoms with van der Waals surface area (Å²) in [6, 6.07) is 40.9. The van der Waals surface area contributed by atoms with E-state index < -0.39 is 35.8 Å². The Labute approximate surface area is 764 Å². The molecule has 26 nitrogen and oxygen atoms in total. The number of phenols is 6. The number of fused-ring (bicyclic) bond motifs is 6. The number of unbranched alkanes of at least 4 members (excludes halogenated alkanes) is 2. The standard InChI is InChI=1S/2C18H17NO3S.2C15H17NO4S.2C15H19NO3S/c1-2-22-18(21)15-13-9-12(8-11-6-4-3-5-7-11)10-14(20)16(13)23-17(15)19;1-2-22-18(21)15-14-12(10-11-6-4-3-5-7-11)8-9-13(20)16(14)23-17(15)19;1-3-20-15(19)12-10-6-9(5-4-8(2)17)7-11(18)13(10)21-14(12)16;1-3-20-15(19)12-11-9(5-4-8(2)17)6-7-10(18)13(11)21-14(12)16;1-3-5-6-9-7-10-12(15(18)19-4-2)14(16)20-13(10)11(17)8-9;1-3-5-6-9-7-8-10(17)13-11(9)12(14(16)20-13)15(18)19-4-2/h3-7,9-10,20H,2,8,19H2,1H3;3-9,20H,2,10,19H2,1H3;2*6-7,18H,3-5,16H2,1-2H3;2*7-8,17H,3-6,16H2,1-2H3. The van der Waals surface area contributed by atoms with Crippen molar-refractivity contribution in [1.82, 2.24) is 0 Å². The van der Waals surface area contributed by atoms with Crippen LogP contribution in [0.25, 0.3) is 60.5 Å². The molecular formula is C96H106N6O20S6. The van der Waals surface area contributed by atoms with Crippen LogP contribution in [0.2, 0.25) is 0 Å². The first-order valence-corrected chi connectivity index (χ1v) is 46.5. The number of aryl methyl sites for hydroxylation is 4. The van der Waals surface area contributed by atoms with Gasteiger partial charge in [-0.3, -0.25) is 0 Å². The Morgan fingerprint density at radius 1 is 0.281 bits per heavy atom. The number of carbonyl (C=O) groups is 8. The van der Waals surface area contributed by atoms with Crippen molar-refractivity contribution in [1.29, 1.82) is 0 Å². The molecule has 0 radical (unpaired) electrons. The lowest BCUT2D eigenvalue weighted by molar-refractivity contribution is -0.117. The number of nitrogen functional groups attached to an aromatic ring is 6. The van der Waals surface area contributed by atoms with Gasteiger partial charge in [-0.2, -0.15) is 0 Å². The molecule has 0 aliphatic carbocycles. The number of ketones is 2. The Kier molecular flexibility index (Phi) is 36.1. The number of nitrogens with two attached hydrogens (primary N) is 6. The van der Waals surface area contributed by atoms with E-state index in [1.165, 1.54) is 59.2 Å². The van der Waals surface area contributed by atoms with Gasteiger partial charge in [-0.25, -0.2) is 28.8 Å². The predicted octanol–water partition coefficient (Wildman–Crippen LogP) is 21.1. The molecule has 128 heavy (non-hydrogen) atoms. The highest BCUT2D eigenvalue weighted by Gasteiger charge is 2.29. The summed E-state index contributed by atoms with van der Waals surface area (Å²) in [6.45, 7) is 19.4. The molecule has 0 bridgehead atoms. The van der Waals surface area contributed by atoms with Crippen molar-refractivity contribution >= 4 is 206 Å². The average Bonchev–Trinajstić information content (AvgIpc) is 1.91. The molecule has 14 rings (SSSR count). The minimum Gasteiger partial charge on any atom is -0.506 e. The summed E-state index contributed by atoms with van der Waals surface area (Å²) in [6.07, 6.45) is 9.03. The number of anilines is 6. The smallest absolute Gasteiger partial charge is 0.341 e. The Hall–Kier alpha value is -12.7. The summed E-state index contributed by atoms with van der Waals surface area (Å²) in [5.41, 5.74) is 45.5. The molecule has 32 heteroatoms. The Morgan fingerprint density at radius 2 is 0.555 bits per heavy atom. The van der Waals surface area contributed by atoms with Crippen LogP contribution in [-0.2, 0) is 76.5 Å². The molecule has 0 spiro atoms. The topological polar surface area (TPSA) is 469 Å². The van der Waals surface area contributed by atoms with Crippen molar-refractivity contribution in [2.45, 2.75) is 146 Å². The maximum absolute atomic E-state index is 12.3. The first kappa shape index (κ1) is 99.1. The molecule has 6 heterocycles. The van der Waals surface area contributed by atoms with Crippen LogP contribution in [0, 0.1) is 0 Å². The summed E-state index contributed by atoms with van der Waals surface area (Å²) in [4.78, 5) is 94.9. The zero-order valence-corrected chi connectivity index (χ0v) is 77.6. The van der Waals surface area contributed by atoms with Crippen LogP contribution in [0.15, 0.2) is 133 Å². The molecule has 0 fully saturated rings. The van der Waals surface area contributed by atoms with Crippen LogP contribution in [0.3, 0.4) is 0 Å². The fraction of sp³-hybridized carbons (Fsp3) is 0.292. The fourth-order valence-corrected chi connectivity index (χ4v) is 19.9. The Morgan fingerprint density at radius 3 is 0.898 bits per heavy atom. The van der Waals surface area contributed by atoms with Gasteiger partial charge in [0.2, 0.25) is 0 Å². The SMILES string of the molecule is CCCCc1cc(O)c2sc(N)c(C(=O)OCC)c2c1.CCCCc1ccc(O)c2sc(N)c(C(=O)OCC)c12.CCOC(=O)c1c(N)sc2c(O)cc(CCC(C)=O)cc12.CCOC(=O)c1c(N)sc2c(O)cc(Cc3ccccc3)cc12.CCOC(=O)c1c(N)sc2c(O)ccc(CCC(C)=O)c12.CCOC(=O)c1c(N)sc2c(O)ccc(Cc3ccccc3)c12. The van der Waals surface area contributed by atoms with Crippen LogP contribution in [0.5, 0.6) is 34.5 Å². The summed E-state index contributed by atoms with van der Waals surface area (Å²) in [7, 11) is 0. The summed E-state index contributed by atoms with van der Waals surface area (Å²) < 4.78 is 34.0. The van der Waals surface area contributed by atoms with Crippen LogP contribution < -0.4 is 34.4 Å². The number of hydrogen-bond acceptors (Lipinski definition) is 32. The van der Waals surface area contributed by atoms with E-state index in [1.807, 2.05) is 84.9 Å². The molecule has 8 aromatic carbocycles. The molecule has 0 saturated heterocycles. The lowest BCUT2D eigenvalue weighted by atomic mass is 9.99. The van der Waals surface area contributed by atoms with Gasteiger partial charge in [0.05, 0.1) is 67.8 Å². The second-order valence-electron chi connectivity index (χ2n) is 29.1. The maximum Gasteiger partial charge on any atom is 0.341 e. The summed E-state index contributed by atoms with van der Waals surface area (Å²) in [5.74, 6) is -1.85. The molecule has 676 valence electrons. The molecule has 0 aliphatic rings. The van der Waals surface area contributed by atoms with E-state index in [0.717, 1.165) is 111 Å². The number of ether oxygens (including phenoxy) is 6. The zero-order chi connectivity index (χ0) is 93.3. The number of thiophene rings is 6. The third kappa shape index (κ3) is 24.3. The lowest BCUT2D eigenvalue weighted by Crippen LogP contribution is -2.07. The van der Waals surface area contributed by atoms with Crippen LogP contribution in [0.1, 0.15) is 214 Å². The van der Waals surface area contributed by atoms with Gasteiger partial charge in [0.1, 0.15) is 109 Å². The van der Waals surface area contributed by atoms with Crippen molar-refractivity contribution in [2.75, 3.05) is 74.0 Å². The van der Waals surface area contributed by atoms with Gasteiger partial charge < -0.3 is 103 Å². The van der Waals surface area contributed by atoms with Gasteiger partial charge in [-0.15, -0.1) is 68.0 Å². The van der Waals surface area contributed by atoms with Crippen molar-refractivity contribution < 1.29 is 97.4 Å². The number of carbonyl (C=O) groups excluding carboxylic acids is 8. The highest BCUT2D eigenvalue weighted by Crippen LogP contribution is 2.48. The number of phenolic OH excluding ortho intramolecular Hbond substituents is 6. The molecule has 14 aromatic rings. The first-order valence-electron chi connectivity index (χ1n) is 41.6. The quantitative estimate of drug-likeness (QED) is 0.0160. The van der Waals surface area contributed by atoms with E-state index in [-0.39, 0.29) is 83.6 Å². The molecule has 0 saturated carbocycles.